The molecule has 2 aromatic carbocycles. The molecule has 0 aliphatic rings. The van der Waals surface area contributed by atoms with Crippen LogP contribution in [0.15, 0.2) is 66.9 Å². The first kappa shape index (κ1) is 19.7. The van der Waals surface area contributed by atoms with Crippen LogP contribution in [-0.4, -0.2) is 10.9 Å². The van der Waals surface area contributed by atoms with Gasteiger partial charge >= 0.3 is 0 Å². The van der Waals surface area contributed by atoms with E-state index in [2.05, 4.69) is 10.3 Å². The maximum atomic E-state index is 13.2. The van der Waals surface area contributed by atoms with E-state index < -0.39 is 11.6 Å². The zero-order valence-electron chi connectivity index (χ0n) is 15.0. The number of hydrogen-bond donors (Lipinski definition) is 1. The fraction of sp³-hybridized carbons (Fsp3) is 0.0909. The highest BCUT2D eigenvalue weighted by Crippen LogP contribution is 2.23. The summed E-state index contributed by atoms with van der Waals surface area (Å²) in [7, 11) is 0. The van der Waals surface area contributed by atoms with E-state index >= 15 is 0 Å². The van der Waals surface area contributed by atoms with Crippen molar-refractivity contribution in [3.8, 4) is 11.1 Å². The zero-order chi connectivity index (χ0) is 20.1. The van der Waals surface area contributed by atoms with E-state index in [-0.39, 0.29) is 17.5 Å². The number of benzene rings is 2. The molecule has 28 heavy (non-hydrogen) atoms. The SMILES string of the molecule is C[C@H](NC(=O)/C=C/c1cc(F)cc(F)c1)c1cccc(-c2ccc(Cl)nc2)c1. The third-order valence-corrected chi connectivity index (χ3v) is 4.34. The normalized spacial score (nSPS) is 12.1. The average molecular weight is 399 g/mol. The van der Waals surface area contributed by atoms with Gasteiger partial charge in [-0.25, -0.2) is 13.8 Å². The van der Waals surface area contributed by atoms with E-state index in [1.807, 2.05) is 37.3 Å². The molecule has 0 saturated heterocycles. The number of carbonyl (C=O) groups excluding carboxylic acids is 1. The number of pyridine rings is 1. The van der Waals surface area contributed by atoms with Gasteiger partial charge in [0, 0.05) is 23.9 Å². The van der Waals surface area contributed by atoms with Crippen molar-refractivity contribution in [1.29, 1.82) is 0 Å². The number of rotatable bonds is 5. The van der Waals surface area contributed by atoms with Crippen LogP contribution in [0.3, 0.4) is 0 Å². The first-order chi connectivity index (χ1) is 13.4. The van der Waals surface area contributed by atoms with Crippen molar-refractivity contribution in [2.45, 2.75) is 13.0 Å². The van der Waals surface area contributed by atoms with E-state index in [0.717, 1.165) is 34.9 Å². The lowest BCUT2D eigenvalue weighted by molar-refractivity contribution is -0.117. The van der Waals surface area contributed by atoms with Gasteiger partial charge in [0.1, 0.15) is 16.8 Å². The minimum atomic E-state index is -0.693. The molecular formula is C22H17ClF2N2O. The van der Waals surface area contributed by atoms with Gasteiger partial charge in [-0.3, -0.25) is 4.79 Å². The van der Waals surface area contributed by atoms with Gasteiger partial charge in [0.15, 0.2) is 0 Å². The molecule has 0 spiro atoms. The van der Waals surface area contributed by atoms with Crippen LogP contribution in [-0.2, 0) is 4.79 Å². The summed E-state index contributed by atoms with van der Waals surface area (Å²) >= 11 is 5.82. The Hall–Kier alpha value is -3.05. The Kier molecular flexibility index (Phi) is 6.16. The largest absolute Gasteiger partial charge is 0.346 e. The molecule has 0 bridgehead atoms. The summed E-state index contributed by atoms with van der Waals surface area (Å²) in [4.78, 5) is 16.2. The maximum absolute atomic E-state index is 13.2. The highest BCUT2D eigenvalue weighted by atomic mass is 35.5. The molecule has 0 fully saturated rings. The molecule has 1 heterocycles. The van der Waals surface area contributed by atoms with Crippen LogP contribution in [0.4, 0.5) is 8.78 Å². The van der Waals surface area contributed by atoms with Gasteiger partial charge in [0.2, 0.25) is 5.91 Å². The number of nitrogens with one attached hydrogen (secondary N) is 1. The monoisotopic (exact) mass is 398 g/mol. The molecule has 0 unspecified atom stereocenters. The molecule has 1 N–H and O–H groups in total. The fourth-order valence-electron chi connectivity index (χ4n) is 2.72. The molecule has 0 saturated carbocycles. The van der Waals surface area contributed by atoms with E-state index in [4.69, 9.17) is 11.6 Å². The lowest BCUT2D eigenvalue weighted by Gasteiger charge is -2.14. The Labute approximate surface area is 166 Å². The maximum Gasteiger partial charge on any atom is 0.244 e. The highest BCUT2D eigenvalue weighted by Gasteiger charge is 2.09. The van der Waals surface area contributed by atoms with Crippen molar-refractivity contribution >= 4 is 23.6 Å². The quantitative estimate of drug-likeness (QED) is 0.451. The minimum absolute atomic E-state index is 0.262. The molecular weight excluding hydrogens is 382 g/mol. The molecule has 3 aromatic rings. The van der Waals surface area contributed by atoms with Gasteiger partial charge in [-0.05, 0) is 60.0 Å². The van der Waals surface area contributed by atoms with Crippen molar-refractivity contribution in [1.82, 2.24) is 10.3 Å². The number of aromatic nitrogens is 1. The zero-order valence-corrected chi connectivity index (χ0v) is 15.8. The Morgan fingerprint density at radius 2 is 1.82 bits per heavy atom. The van der Waals surface area contributed by atoms with Gasteiger partial charge in [-0.1, -0.05) is 29.8 Å². The Bertz CT molecular complexity index is 999. The lowest BCUT2D eigenvalue weighted by atomic mass is 10.0. The van der Waals surface area contributed by atoms with Crippen LogP contribution in [0.1, 0.15) is 24.1 Å². The number of carbonyl (C=O) groups is 1. The van der Waals surface area contributed by atoms with Gasteiger partial charge < -0.3 is 5.32 Å². The van der Waals surface area contributed by atoms with E-state index in [1.165, 1.54) is 12.2 Å². The molecule has 0 aliphatic heterocycles. The molecule has 0 radical (unpaired) electrons. The second-order valence-corrected chi connectivity index (χ2v) is 6.65. The standard InChI is InChI=1S/C22H17ClF2N2O/c1-14(27-22(28)8-5-15-9-19(24)12-20(25)10-15)16-3-2-4-17(11-16)18-6-7-21(23)26-13-18/h2-14H,1H3,(H,27,28)/b8-5+/t14-/m0/s1. The summed E-state index contributed by atoms with van der Waals surface area (Å²) in [6, 6.07) is 14.1. The summed E-state index contributed by atoms with van der Waals surface area (Å²) in [5, 5.41) is 3.26. The van der Waals surface area contributed by atoms with Crippen molar-refractivity contribution in [3.63, 3.8) is 0 Å². The van der Waals surface area contributed by atoms with Gasteiger partial charge in [-0.2, -0.15) is 0 Å². The van der Waals surface area contributed by atoms with E-state index in [9.17, 15) is 13.6 Å². The van der Waals surface area contributed by atoms with Crippen LogP contribution in [0.5, 0.6) is 0 Å². The molecule has 3 nitrogen and oxygen atoms in total. The highest BCUT2D eigenvalue weighted by molar-refractivity contribution is 6.29. The summed E-state index contributed by atoms with van der Waals surface area (Å²) < 4.78 is 26.4. The number of halogens is 3. The first-order valence-electron chi connectivity index (χ1n) is 8.57. The van der Waals surface area contributed by atoms with Gasteiger partial charge in [0.25, 0.3) is 0 Å². The van der Waals surface area contributed by atoms with E-state index in [0.29, 0.717) is 5.15 Å². The van der Waals surface area contributed by atoms with Crippen molar-refractivity contribution < 1.29 is 13.6 Å². The molecule has 1 aromatic heterocycles. The second kappa shape index (κ2) is 8.76. The van der Waals surface area contributed by atoms with Crippen molar-refractivity contribution in [2.24, 2.45) is 0 Å². The number of nitrogens with zero attached hydrogens (tertiary/aromatic N) is 1. The number of amides is 1. The van der Waals surface area contributed by atoms with Gasteiger partial charge in [-0.15, -0.1) is 0 Å². The summed E-state index contributed by atoms with van der Waals surface area (Å²) in [6.45, 7) is 1.85. The third-order valence-electron chi connectivity index (χ3n) is 4.12. The first-order valence-corrected chi connectivity index (χ1v) is 8.95. The summed E-state index contributed by atoms with van der Waals surface area (Å²) in [6.07, 6.45) is 4.30. The topological polar surface area (TPSA) is 42.0 Å². The minimum Gasteiger partial charge on any atom is -0.346 e. The van der Waals surface area contributed by atoms with Gasteiger partial charge in [0.05, 0.1) is 6.04 Å². The van der Waals surface area contributed by atoms with Crippen LogP contribution in [0.25, 0.3) is 17.2 Å². The lowest BCUT2D eigenvalue weighted by Crippen LogP contribution is -2.24. The molecule has 1 amide bonds. The van der Waals surface area contributed by atoms with Crippen LogP contribution >= 0.6 is 11.6 Å². The predicted molar refractivity (Wildman–Crippen MR) is 107 cm³/mol. The van der Waals surface area contributed by atoms with Crippen molar-refractivity contribution in [2.75, 3.05) is 0 Å². The van der Waals surface area contributed by atoms with Crippen LogP contribution in [0.2, 0.25) is 5.15 Å². The predicted octanol–water partition coefficient (Wildman–Crippen LogP) is 5.57. The molecule has 3 rings (SSSR count). The van der Waals surface area contributed by atoms with E-state index in [1.54, 1.807) is 12.3 Å². The van der Waals surface area contributed by atoms with Crippen LogP contribution in [0, 0.1) is 11.6 Å². The average Bonchev–Trinajstić information content (AvgIpc) is 2.66. The third kappa shape index (κ3) is 5.24. The Morgan fingerprint density at radius 1 is 1.07 bits per heavy atom. The summed E-state index contributed by atoms with van der Waals surface area (Å²) in [5.41, 5.74) is 3.05. The van der Waals surface area contributed by atoms with Crippen molar-refractivity contribution in [3.05, 3.63) is 94.8 Å². The smallest absolute Gasteiger partial charge is 0.244 e. The molecule has 0 aliphatic carbocycles. The Morgan fingerprint density at radius 3 is 2.50 bits per heavy atom. The molecule has 142 valence electrons. The fourth-order valence-corrected chi connectivity index (χ4v) is 2.83. The second-order valence-electron chi connectivity index (χ2n) is 6.26. The summed E-state index contributed by atoms with van der Waals surface area (Å²) in [5.74, 6) is -1.75. The molecule has 6 heteroatoms. The number of hydrogen-bond acceptors (Lipinski definition) is 2. The Balaban J connectivity index is 1.69. The molecule has 1 atom stereocenters. The van der Waals surface area contributed by atoms with Crippen LogP contribution < -0.4 is 5.32 Å².